The van der Waals surface area contributed by atoms with Crippen LogP contribution in [0.15, 0.2) is 111 Å². The maximum absolute atomic E-state index is 15.2. The Hall–Kier alpha value is -14.7. The van der Waals surface area contributed by atoms with Crippen molar-refractivity contribution < 1.29 is 131 Å². The highest BCUT2D eigenvalue weighted by Crippen LogP contribution is 2.24. The summed E-state index contributed by atoms with van der Waals surface area (Å²) < 4.78 is -0.733. The molecule has 0 fully saturated rings. The fourth-order valence-corrected chi connectivity index (χ4v) is 16.8. The second-order valence-corrected chi connectivity index (χ2v) is 36.8. The van der Waals surface area contributed by atoms with E-state index < -0.39 is 344 Å². The van der Waals surface area contributed by atoms with Gasteiger partial charge in [-0.2, -0.15) is 49.0 Å². The first-order valence-electron chi connectivity index (χ1n) is 43.0. The van der Waals surface area contributed by atoms with Crippen LogP contribution < -0.4 is 97.7 Å². The van der Waals surface area contributed by atoms with Crippen molar-refractivity contribution in [2.45, 2.75) is 204 Å². The largest absolute Gasteiger partial charge is 0.508 e. The number of aromatic nitrogens is 3. The average molecular weight is 1980 g/mol. The number of benzene rings is 4. The van der Waals surface area contributed by atoms with Gasteiger partial charge < -0.3 is 106 Å². The normalized spacial score (nSPS) is 23.8. The molecule has 0 spiro atoms. The number of fused-ring (bicyclic) bond motifs is 8. The van der Waals surface area contributed by atoms with Crippen molar-refractivity contribution in [3.63, 3.8) is 0 Å². The number of phenolic OH excluding ortho intramolecular Hbond substituents is 1. The van der Waals surface area contributed by atoms with E-state index in [0.29, 0.717) is 39.9 Å². The first-order valence-corrected chi connectivity index (χ1v) is 46.5. The van der Waals surface area contributed by atoms with Crippen molar-refractivity contribution in [1.82, 2.24) is 82.8 Å². The van der Waals surface area contributed by atoms with Crippen LogP contribution in [0.3, 0.4) is 0 Å². The van der Waals surface area contributed by atoms with E-state index in [1.54, 1.807) is 48.5 Å². The minimum atomic E-state index is -2.33. The Balaban J connectivity index is 1.40. The van der Waals surface area contributed by atoms with Gasteiger partial charge in [-0.05, 0) is 71.7 Å². The van der Waals surface area contributed by atoms with Gasteiger partial charge in [0, 0.05) is 91.8 Å². The van der Waals surface area contributed by atoms with Crippen LogP contribution in [0.5, 0.6) is 5.75 Å². The number of carboxylic acids is 4. The van der Waals surface area contributed by atoms with Crippen molar-refractivity contribution >= 4 is 176 Å². The number of nitrogens with two attached hydrogens (primary N) is 2. The van der Waals surface area contributed by atoms with Gasteiger partial charge in [-0.1, -0.05) is 113 Å². The molecule has 7 rings (SSSR count). The summed E-state index contributed by atoms with van der Waals surface area (Å²) in [5.41, 5.74) is 4.83. The number of hydrogen-bond donors (Lipinski definition) is 20. The van der Waals surface area contributed by atoms with Gasteiger partial charge in [0.05, 0.1) is 19.3 Å². The SMILES string of the molecule is C[C@H]1CSCCC(=O)n2c(=O)n3c(=O)n(c2=O)C(=O)CCSC[C@H](NC(=O)[C@@H](C)NC(=O)[C@H](Cc2cccc4ccccc24)NC(=O)[C@H](CCC(=O)O)NC(=O)[C@H](CC(N)=O)NC(=O)[C@@H](C)NC1=O)C(=O)N[C@@H](CCC(=O)O)C(=O)N[C@@H](CC(=O)O)C(=O)N[C@@H](Cc1ccccc1)C(=O)N[C@@H](Cc1ccc(O)cc1)C(=O)N[C@@H](CC(=O)O)C(=O)N[C@@H](C(C)(C)C)C(=O)N[C@H](C(N)=O)CSCCC3=O. The molecule has 2 aliphatic heterocycles. The molecule has 0 saturated carbocycles. The Morgan fingerprint density at radius 1 is 0.370 bits per heavy atom. The van der Waals surface area contributed by atoms with Crippen LogP contribution in [-0.4, -0.2) is 283 Å². The van der Waals surface area contributed by atoms with Crippen molar-refractivity contribution in [2.75, 3.05) is 34.5 Å². The number of rotatable bonds is 19. The first kappa shape index (κ1) is 110. The van der Waals surface area contributed by atoms with Gasteiger partial charge in [-0.3, -0.25) is 105 Å². The van der Waals surface area contributed by atoms with E-state index in [1.807, 2.05) is 0 Å². The Kier molecular flexibility index (Phi) is 41.5. The molecule has 15 amide bonds. The van der Waals surface area contributed by atoms with Gasteiger partial charge in [-0.15, -0.1) is 0 Å². The highest BCUT2D eigenvalue weighted by molar-refractivity contribution is 7.99. The van der Waals surface area contributed by atoms with E-state index in [-0.39, 0.29) is 42.1 Å². The number of aliphatic carboxylic acids is 4. The van der Waals surface area contributed by atoms with Crippen molar-refractivity contribution in [3.05, 3.63) is 145 Å². The van der Waals surface area contributed by atoms with Gasteiger partial charge >= 0.3 is 40.9 Å². The highest BCUT2D eigenvalue weighted by Gasteiger charge is 2.42. The molecule has 138 heavy (non-hydrogen) atoms. The fourth-order valence-electron chi connectivity index (χ4n) is 13.9. The molecule has 4 bridgehead atoms. The highest BCUT2D eigenvalue weighted by atomic mass is 32.2. The van der Waals surface area contributed by atoms with Crippen LogP contribution in [0.25, 0.3) is 10.8 Å². The molecule has 3 heterocycles. The standard InChI is InChI=1S/C87H108N18O30S3/c1-42-39-136-30-27-62(108)103-84(133)104-63(109)28-31-137-40-59(70(89)119)100-83(132)69(87(4,5)6)102-81(130)58(38-68(117)118)99-78(127)54(34-46-19-21-49(106)22-20-46)95-77(126)53(33-45-13-8-7-9-14-45)96-80(129)57(37-67(115)116)98-75(124)52(24-26-66(113)114)93-82(131)60(41-138-32-29-64(110)105(85(103)134)86(104)135)101-73(122)44(3)91-76(125)55(35-48-17-12-16-47-15-10-11-18-50(47)48)97-74(123)51(23-25-65(111)112)92-79(128)56(36-61(88)107)94-72(121)43(2)90-71(42)120/h7-22,42-44,51-60,69,106H,23-41H2,1-6H3,(H2,88,107)(H2,89,119)(H,90,120)(H,91,125)(H,92,128)(H,93,131)(H,94,121)(H,95,126)(H,96,129)(H,97,123)(H,98,124)(H,99,127)(H,100,132)(H,101,122)(H,102,130)(H,111,112)(H,113,114)(H,115,116)(H,117,118)/t42-,43+,44+,51-,52-,53-,54-,55-,56-,57-,58-,59-,60-,69+/m0/s1. The molecule has 0 aliphatic carbocycles. The molecular weight excluding hydrogens is 1870 g/mol. The average Bonchev–Trinajstić information content (AvgIpc) is 0.758. The summed E-state index contributed by atoms with van der Waals surface area (Å²) in [7, 11) is 0. The number of thioether (sulfide) groups is 3. The summed E-state index contributed by atoms with van der Waals surface area (Å²) in [6.45, 7) is 7.78. The number of primary amides is 2. The molecule has 5 aromatic rings. The third-order valence-corrected chi connectivity index (χ3v) is 24.7. The number of carbonyl (C=O) groups excluding carboxylic acids is 18. The van der Waals surface area contributed by atoms with Crippen molar-refractivity contribution in [2.24, 2.45) is 22.8 Å². The monoisotopic (exact) mass is 1980 g/mol. The molecule has 22 N–H and O–H groups in total. The number of carbonyl (C=O) groups is 22. The molecule has 4 aromatic carbocycles. The molecule has 2 aliphatic rings. The molecule has 1 aromatic heterocycles. The Labute approximate surface area is 797 Å². The van der Waals surface area contributed by atoms with Gasteiger partial charge in [0.1, 0.15) is 84.3 Å². The summed E-state index contributed by atoms with van der Waals surface area (Å²) in [5, 5.41) is 82.2. The van der Waals surface area contributed by atoms with Gasteiger partial charge in [-0.25, -0.2) is 14.4 Å². The number of phenols is 1. The van der Waals surface area contributed by atoms with Crippen LogP contribution in [0, 0.1) is 11.3 Å². The fraction of sp³-hybridized carbons (Fsp3) is 0.460. The van der Waals surface area contributed by atoms with E-state index in [0.717, 1.165) is 25.6 Å². The number of aromatic hydroxyl groups is 1. The molecule has 744 valence electrons. The van der Waals surface area contributed by atoms with Crippen LogP contribution in [0.4, 0.5) is 0 Å². The zero-order chi connectivity index (χ0) is 102. The summed E-state index contributed by atoms with van der Waals surface area (Å²) in [6.07, 6.45) is -11.6. The number of nitrogens with one attached hydrogen (secondary N) is 13. The van der Waals surface area contributed by atoms with E-state index in [9.17, 15) is 131 Å². The van der Waals surface area contributed by atoms with Gasteiger partial charge in [0.25, 0.3) is 0 Å². The van der Waals surface area contributed by atoms with E-state index in [1.165, 1.54) is 76.2 Å². The quantitative estimate of drug-likeness (QED) is 0.0369. The lowest BCUT2D eigenvalue weighted by Gasteiger charge is -2.33. The maximum Gasteiger partial charge on any atom is 0.350 e. The zero-order valence-electron chi connectivity index (χ0n) is 75.4. The second-order valence-electron chi connectivity index (χ2n) is 33.3. The molecule has 0 radical (unpaired) electrons. The smallest absolute Gasteiger partial charge is 0.350 e. The molecule has 51 heteroatoms. The second kappa shape index (κ2) is 51.9. The number of hydrogen-bond acceptors (Lipinski definition) is 29. The Bertz CT molecular complexity index is 5670. The summed E-state index contributed by atoms with van der Waals surface area (Å²) >= 11 is 2.00. The Morgan fingerprint density at radius 2 is 0.746 bits per heavy atom. The minimum absolute atomic E-state index is 0.172. The zero-order valence-corrected chi connectivity index (χ0v) is 77.9. The van der Waals surface area contributed by atoms with Crippen molar-refractivity contribution in [1.29, 1.82) is 0 Å². The lowest BCUT2D eigenvalue weighted by molar-refractivity contribution is -0.142. The van der Waals surface area contributed by atoms with E-state index in [4.69, 9.17) is 11.5 Å². The van der Waals surface area contributed by atoms with Crippen molar-refractivity contribution in [3.8, 4) is 5.75 Å². The molecule has 0 unspecified atom stereocenters. The molecule has 0 saturated heterocycles. The summed E-state index contributed by atoms with van der Waals surface area (Å²) in [4.78, 5) is 353. The van der Waals surface area contributed by atoms with Crippen LogP contribution in [0.1, 0.15) is 137 Å². The number of carboxylic acid groups (broad SMARTS) is 4. The van der Waals surface area contributed by atoms with E-state index in [2.05, 4.69) is 69.1 Å². The number of nitrogens with zero attached hydrogens (tertiary/aromatic N) is 3. The summed E-state index contributed by atoms with van der Waals surface area (Å²) in [5.74, 6) is -35.1. The lowest BCUT2D eigenvalue weighted by Crippen LogP contribution is -2.62. The minimum Gasteiger partial charge on any atom is -0.508 e. The topological polar surface area (TPSA) is 751 Å². The predicted molar refractivity (Wildman–Crippen MR) is 493 cm³/mol. The third kappa shape index (κ3) is 33.4. The third-order valence-electron chi connectivity index (χ3n) is 21.4. The van der Waals surface area contributed by atoms with Gasteiger partial charge in [0.15, 0.2) is 0 Å². The maximum atomic E-state index is 15.2. The van der Waals surface area contributed by atoms with E-state index >= 15 is 14.4 Å². The van der Waals surface area contributed by atoms with Crippen LogP contribution in [0.2, 0.25) is 0 Å². The Morgan fingerprint density at radius 3 is 1.22 bits per heavy atom. The predicted octanol–water partition coefficient (Wildman–Crippen LogP) is -4.86. The van der Waals surface area contributed by atoms with Crippen LogP contribution in [-0.2, 0) is 110 Å². The number of amides is 15. The lowest BCUT2D eigenvalue weighted by atomic mass is 9.85. The summed E-state index contributed by atoms with van der Waals surface area (Å²) in [6, 6.07) is -1.47. The van der Waals surface area contributed by atoms with Gasteiger partial charge in [0.2, 0.25) is 106 Å². The molecule has 48 nitrogen and oxygen atoms in total. The molecular formula is C87H108N18O30S3. The molecule has 14 atom stereocenters. The van der Waals surface area contributed by atoms with Crippen LogP contribution >= 0.6 is 35.3 Å². The first-order chi connectivity index (χ1) is 65.0.